The average Bonchev–Trinajstić information content (AvgIpc) is 2.77. The number of imidazole rings is 1. The molecule has 0 amide bonds. The maximum Gasteiger partial charge on any atom is 0.163 e. The number of nitriles is 1. The summed E-state index contributed by atoms with van der Waals surface area (Å²) in [6, 6.07) is 2.15. The number of fused-ring (bicyclic) bond motifs is 1. The van der Waals surface area contributed by atoms with Crippen LogP contribution in [0.4, 0.5) is 0 Å². The van der Waals surface area contributed by atoms with Gasteiger partial charge in [-0.25, -0.2) is 15.0 Å². The van der Waals surface area contributed by atoms with Gasteiger partial charge in [-0.3, -0.25) is 0 Å². The Morgan fingerprint density at radius 1 is 1.21 bits per heavy atom. The lowest BCUT2D eigenvalue weighted by Crippen LogP contribution is -2.06. The minimum Gasteiger partial charge on any atom is -0.314 e. The van der Waals surface area contributed by atoms with Crippen molar-refractivity contribution in [1.82, 2.24) is 19.5 Å². The van der Waals surface area contributed by atoms with Gasteiger partial charge in [0.15, 0.2) is 5.65 Å². The summed E-state index contributed by atoms with van der Waals surface area (Å²) in [5, 5.41) is 8.71. The molecule has 0 fully saturated rings. The molecule has 0 radical (unpaired) electrons. The average molecular weight is 257 g/mol. The molecule has 0 saturated heterocycles. The number of hydrogen-bond donors (Lipinski definition) is 0. The molecule has 0 aliphatic heterocycles. The fourth-order valence-corrected chi connectivity index (χ4v) is 1.98. The molecule has 0 bridgehead atoms. The van der Waals surface area contributed by atoms with Gasteiger partial charge in [0, 0.05) is 12.5 Å². The maximum absolute atomic E-state index is 8.71. The molecule has 2 rings (SSSR count). The smallest absolute Gasteiger partial charge is 0.163 e. The van der Waals surface area contributed by atoms with Crippen molar-refractivity contribution >= 4 is 11.2 Å². The first-order valence-electron chi connectivity index (χ1n) is 6.64. The van der Waals surface area contributed by atoms with Gasteiger partial charge in [-0.05, 0) is 5.92 Å². The number of aryl methyl sites for hydroxylation is 1. The summed E-state index contributed by atoms with van der Waals surface area (Å²) in [7, 11) is 0. The van der Waals surface area contributed by atoms with E-state index in [2.05, 4.69) is 48.7 Å². The van der Waals surface area contributed by atoms with E-state index in [-0.39, 0.29) is 5.92 Å². The van der Waals surface area contributed by atoms with E-state index in [0.29, 0.717) is 18.9 Å². The Labute approximate surface area is 113 Å². The number of aromatic nitrogens is 4. The summed E-state index contributed by atoms with van der Waals surface area (Å²) in [5.41, 5.74) is 2.69. The highest BCUT2D eigenvalue weighted by Gasteiger charge is 2.16. The highest BCUT2D eigenvalue weighted by atomic mass is 15.1. The van der Waals surface area contributed by atoms with E-state index < -0.39 is 0 Å². The SMILES string of the molecule is CC(C)c1nc(C(C)C)c2ncn(CCC#N)c2n1. The van der Waals surface area contributed by atoms with Crippen molar-refractivity contribution in [2.45, 2.75) is 52.5 Å². The first-order chi connectivity index (χ1) is 9.04. The normalized spacial score (nSPS) is 11.4. The van der Waals surface area contributed by atoms with Gasteiger partial charge in [-0.1, -0.05) is 27.7 Å². The Morgan fingerprint density at radius 3 is 2.53 bits per heavy atom. The second-order valence-corrected chi connectivity index (χ2v) is 5.29. The lowest BCUT2D eigenvalue weighted by atomic mass is 10.1. The third-order valence-electron chi connectivity index (χ3n) is 3.04. The van der Waals surface area contributed by atoms with Crippen LogP contribution < -0.4 is 0 Å². The van der Waals surface area contributed by atoms with Crippen LogP contribution in [0.3, 0.4) is 0 Å². The first-order valence-corrected chi connectivity index (χ1v) is 6.64. The summed E-state index contributed by atoms with van der Waals surface area (Å²) in [6.07, 6.45) is 2.22. The van der Waals surface area contributed by atoms with Gasteiger partial charge in [0.1, 0.15) is 11.3 Å². The van der Waals surface area contributed by atoms with Gasteiger partial charge in [0.05, 0.1) is 24.5 Å². The van der Waals surface area contributed by atoms with E-state index in [4.69, 9.17) is 5.26 Å². The van der Waals surface area contributed by atoms with Crippen molar-refractivity contribution in [1.29, 1.82) is 5.26 Å². The van der Waals surface area contributed by atoms with E-state index in [9.17, 15) is 0 Å². The number of nitrogens with zero attached hydrogens (tertiary/aromatic N) is 5. The van der Waals surface area contributed by atoms with Gasteiger partial charge in [0.25, 0.3) is 0 Å². The van der Waals surface area contributed by atoms with E-state index in [1.165, 1.54) is 0 Å². The molecule has 0 spiro atoms. The number of hydrogen-bond acceptors (Lipinski definition) is 4. The van der Waals surface area contributed by atoms with Crippen molar-refractivity contribution in [3.63, 3.8) is 0 Å². The summed E-state index contributed by atoms with van der Waals surface area (Å²) < 4.78 is 1.94. The highest BCUT2D eigenvalue weighted by Crippen LogP contribution is 2.23. The molecule has 100 valence electrons. The molecule has 0 saturated carbocycles. The van der Waals surface area contributed by atoms with Gasteiger partial charge in [-0.2, -0.15) is 5.26 Å². The largest absolute Gasteiger partial charge is 0.314 e. The van der Waals surface area contributed by atoms with Crippen LogP contribution in [0.2, 0.25) is 0 Å². The minimum atomic E-state index is 0.279. The van der Waals surface area contributed by atoms with Gasteiger partial charge < -0.3 is 4.57 Å². The molecule has 2 aromatic heterocycles. The van der Waals surface area contributed by atoms with Gasteiger partial charge in [0.2, 0.25) is 0 Å². The minimum absolute atomic E-state index is 0.279. The fourth-order valence-electron chi connectivity index (χ4n) is 1.98. The summed E-state index contributed by atoms with van der Waals surface area (Å²) in [4.78, 5) is 13.7. The third-order valence-corrected chi connectivity index (χ3v) is 3.04. The van der Waals surface area contributed by atoms with Crippen molar-refractivity contribution in [3.05, 3.63) is 17.8 Å². The fraction of sp³-hybridized carbons (Fsp3) is 0.571. The molecule has 19 heavy (non-hydrogen) atoms. The standard InChI is InChI=1S/C14H19N5/c1-9(2)11-12-14(18-13(17-11)10(3)4)19(8-16-12)7-5-6-15/h8-10H,5,7H2,1-4H3. The Kier molecular flexibility index (Phi) is 3.79. The Hall–Kier alpha value is -1.96. The molecule has 0 aliphatic carbocycles. The molecule has 0 N–H and O–H groups in total. The molecular formula is C14H19N5. The molecule has 0 aromatic carbocycles. The lowest BCUT2D eigenvalue weighted by molar-refractivity contribution is 0.709. The zero-order valence-electron chi connectivity index (χ0n) is 11.9. The van der Waals surface area contributed by atoms with Crippen LogP contribution in [-0.2, 0) is 6.54 Å². The Bertz CT molecular complexity index is 619. The maximum atomic E-state index is 8.71. The van der Waals surface area contributed by atoms with Crippen LogP contribution in [0, 0.1) is 11.3 Å². The zero-order valence-corrected chi connectivity index (χ0v) is 11.9. The van der Waals surface area contributed by atoms with Crippen LogP contribution in [-0.4, -0.2) is 19.5 Å². The Morgan fingerprint density at radius 2 is 1.95 bits per heavy atom. The van der Waals surface area contributed by atoms with Crippen LogP contribution in [0.5, 0.6) is 0 Å². The molecule has 5 heteroatoms. The second kappa shape index (κ2) is 5.35. The summed E-state index contributed by atoms with van der Waals surface area (Å²) >= 11 is 0. The molecule has 0 aliphatic rings. The monoisotopic (exact) mass is 257 g/mol. The predicted octanol–water partition coefficient (Wildman–Crippen LogP) is 2.99. The van der Waals surface area contributed by atoms with Crippen LogP contribution in [0.25, 0.3) is 11.2 Å². The zero-order chi connectivity index (χ0) is 14.0. The topological polar surface area (TPSA) is 67.4 Å². The van der Waals surface area contributed by atoms with E-state index in [0.717, 1.165) is 22.7 Å². The van der Waals surface area contributed by atoms with Crippen molar-refractivity contribution < 1.29 is 0 Å². The molecule has 2 heterocycles. The van der Waals surface area contributed by atoms with Crippen LogP contribution in [0.1, 0.15) is 57.5 Å². The van der Waals surface area contributed by atoms with Crippen LogP contribution in [0.15, 0.2) is 6.33 Å². The molecule has 0 atom stereocenters. The van der Waals surface area contributed by atoms with Crippen molar-refractivity contribution in [2.75, 3.05) is 0 Å². The molecule has 2 aromatic rings. The van der Waals surface area contributed by atoms with Crippen molar-refractivity contribution in [2.24, 2.45) is 0 Å². The quantitative estimate of drug-likeness (QED) is 0.844. The highest BCUT2D eigenvalue weighted by molar-refractivity contribution is 5.74. The third kappa shape index (κ3) is 2.58. The van der Waals surface area contributed by atoms with E-state index in [1.54, 1.807) is 6.33 Å². The molecule has 5 nitrogen and oxygen atoms in total. The van der Waals surface area contributed by atoms with E-state index >= 15 is 0 Å². The van der Waals surface area contributed by atoms with Gasteiger partial charge in [-0.15, -0.1) is 0 Å². The second-order valence-electron chi connectivity index (χ2n) is 5.29. The number of rotatable bonds is 4. The first kappa shape index (κ1) is 13.5. The summed E-state index contributed by atoms with van der Waals surface area (Å²) in [5.74, 6) is 1.43. The predicted molar refractivity (Wildman–Crippen MR) is 73.7 cm³/mol. The lowest BCUT2D eigenvalue weighted by Gasteiger charge is -2.11. The molecule has 0 unspecified atom stereocenters. The molecular weight excluding hydrogens is 238 g/mol. The van der Waals surface area contributed by atoms with Crippen LogP contribution >= 0.6 is 0 Å². The van der Waals surface area contributed by atoms with E-state index in [1.807, 2.05) is 4.57 Å². The van der Waals surface area contributed by atoms with Crippen molar-refractivity contribution in [3.8, 4) is 6.07 Å². The Balaban J connectivity index is 2.61. The van der Waals surface area contributed by atoms with Gasteiger partial charge >= 0.3 is 0 Å². The summed E-state index contributed by atoms with van der Waals surface area (Å²) in [6.45, 7) is 9.02.